The number of hydrogen-bond donors (Lipinski definition) is 2. The molecule has 3 nitrogen and oxygen atoms in total. The van der Waals surface area contributed by atoms with Crippen LogP contribution in [-0.4, -0.2) is 5.96 Å². The van der Waals surface area contributed by atoms with Crippen LogP contribution in [0.3, 0.4) is 0 Å². The van der Waals surface area contributed by atoms with Crippen molar-refractivity contribution in [2.24, 2.45) is 10.7 Å². The topological polar surface area (TPSA) is 50.4 Å². The van der Waals surface area contributed by atoms with Gasteiger partial charge < -0.3 is 11.1 Å². The van der Waals surface area contributed by atoms with E-state index in [1.807, 2.05) is 24.3 Å². The van der Waals surface area contributed by atoms with Crippen molar-refractivity contribution in [3.8, 4) is 0 Å². The molecular weight excluding hydrogens is 272 g/mol. The summed E-state index contributed by atoms with van der Waals surface area (Å²) in [5.41, 5.74) is 7.92. The Kier molecular flexibility index (Phi) is 4.87. The summed E-state index contributed by atoms with van der Waals surface area (Å²) in [6.07, 6.45) is 0.961. The van der Waals surface area contributed by atoms with Crippen molar-refractivity contribution in [3.63, 3.8) is 0 Å². The summed E-state index contributed by atoms with van der Waals surface area (Å²) < 4.78 is 26.5. The highest BCUT2D eigenvalue weighted by molar-refractivity contribution is 5.92. The first-order valence-corrected chi connectivity index (χ1v) is 6.68. The minimum Gasteiger partial charge on any atom is -0.370 e. The Bertz CT molecular complexity index is 636. The molecule has 0 unspecified atom stereocenters. The second kappa shape index (κ2) is 6.83. The Morgan fingerprint density at radius 1 is 1.14 bits per heavy atom. The van der Waals surface area contributed by atoms with E-state index in [2.05, 4.69) is 17.2 Å². The van der Waals surface area contributed by atoms with Gasteiger partial charge in [-0.1, -0.05) is 19.1 Å². The molecule has 0 aliphatic carbocycles. The largest absolute Gasteiger partial charge is 0.370 e. The zero-order valence-electron chi connectivity index (χ0n) is 11.7. The van der Waals surface area contributed by atoms with Crippen LogP contribution >= 0.6 is 0 Å². The number of nitrogens with two attached hydrogens (primary N) is 1. The Morgan fingerprint density at radius 2 is 1.86 bits per heavy atom. The average Bonchev–Trinajstić information content (AvgIpc) is 2.49. The van der Waals surface area contributed by atoms with Gasteiger partial charge in [-0.3, -0.25) is 0 Å². The third-order valence-corrected chi connectivity index (χ3v) is 3.06. The average molecular weight is 289 g/mol. The molecule has 2 aromatic rings. The molecule has 0 fully saturated rings. The molecule has 0 saturated carbocycles. The second-order valence-corrected chi connectivity index (χ2v) is 4.61. The molecule has 0 bridgehead atoms. The number of nitrogens with zero attached hydrogens (tertiary/aromatic N) is 1. The predicted molar refractivity (Wildman–Crippen MR) is 81.1 cm³/mol. The van der Waals surface area contributed by atoms with E-state index < -0.39 is 11.6 Å². The zero-order valence-corrected chi connectivity index (χ0v) is 11.7. The molecule has 5 heteroatoms. The first kappa shape index (κ1) is 15.0. The number of rotatable bonds is 4. The lowest BCUT2D eigenvalue weighted by molar-refractivity contribution is 0.586. The molecule has 0 aromatic heterocycles. The van der Waals surface area contributed by atoms with Gasteiger partial charge in [0.25, 0.3) is 0 Å². The summed E-state index contributed by atoms with van der Waals surface area (Å²) in [4.78, 5) is 4.01. The zero-order chi connectivity index (χ0) is 15.2. The van der Waals surface area contributed by atoms with E-state index in [4.69, 9.17) is 5.73 Å². The van der Waals surface area contributed by atoms with Crippen molar-refractivity contribution in [3.05, 3.63) is 65.2 Å². The lowest BCUT2D eigenvalue weighted by atomic mass is 10.1. The van der Waals surface area contributed by atoms with Gasteiger partial charge >= 0.3 is 0 Å². The van der Waals surface area contributed by atoms with Crippen LogP contribution in [-0.2, 0) is 13.0 Å². The lowest BCUT2D eigenvalue weighted by Gasteiger charge is -2.07. The van der Waals surface area contributed by atoms with Crippen LogP contribution in [0.15, 0.2) is 47.5 Å². The van der Waals surface area contributed by atoms with Gasteiger partial charge in [0, 0.05) is 11.3 Å². The van der Waals surface area contributed by atoms with Crippen LogP contribution < -0.4 is 11.1 Å². The van der Waals surface area contributed by atoms with Crippen LogP contribution in [0.25, 0.3) is 0 Å². The maximum atomic E-state index is 13.4. The number of nitrogens with one attached hydrogen (secondary N) is 1. The molecule has 0 saturated heterocycles. The highest BCUT2D eigenvalue weighted by atomic mass is 19.1. The van der Waals surface area contributed by atoms with Crippen molar-refractivity contribution >= 4 is 11.6 Å². The molecule has 0 spiro atoms. The van der Waals surface area contributed by atoms with Crippen LogP contribution in [0, 0.1) is 11.6 Å². The Hall–Kier alpha value is -2.43. The fraction of sp³-hybridized carbons (Fsp3) is 0.188. The molecule has 0 radical (unpaired) electrons. The standard InChI is InChI=1S/C16H17F2N3/c1-2-11-3-6-14(7-4-11)21-16(19)20-10-12-9-13(17)5-8-15(12)18/h3-9H,2,10H2,1H3,(H3,19,20,21). The van der Waals surface area contributed by atoms with Gasteiger partial charge in [-0.25, -0.2) is 13.8 Å². The molecule has 21 heavy (non-hydrogen) atoms. The fourth-order valence-electron chi connectivity index (χ4n) is 1.85. The molecule has 0 atom stereocenters. The first-order valence-electron chi connectivity index (χ1n) is 6.68. The molecular formula is C16H17F2N3. The normalized spacial score (nSPS) is 11.5. The second-order valence-electron chi connectivity index (χ2n) is 4.61. The number of hydrogen-bond acceptors (Lipinski definition) is 1. The Labute approximate surface area is 122 Å². The molecule has 2 rings (SSSR count). The van der Waals surface area contributed by atoms with Crippen LogP contribution in [0.1, 0.15) is 18.1 Å². The van der Waals surface area contributed by atoms with Crippen molar-refractivity contribution < 1.29 is 8.78 Å². The molecule has 2 aromatic carbocycles. The highest BCUT2D eigenvalue weighted by Crippen LogP contribution is 2.12. The maximum absolute atomic E-state index is 13.4. The molecule has 3 N–H and O–H groups in total. The van der Waals surface area contributed by atoms with Crippen LogP contribution in [0.5, 0.6) is 0 Å². The van der Waals surface area contributed by atoms with E-state index in [1.54, 1.807) is 0 Å². The molecule has 0 amide bonds. The molecule has 0 heterocycles. The Morgan fingerprint density at radius 3 is 2.52 bits per heavy atom. The third-order valence-electron chi connectivity index (χ3n) is 3.06. The monoisotopic (exact) mass is 289 g/mol. The summed E-state index contributed by atoms with van der Waals surface area (Å²) in [7, 11) is 0. The predicted octanol–water partition coefficient (Wildman–Crippen LogP) is 3.45. The smallest absolute Gasteiger partial charge is 0.193 e. The number of benzene rings is 2. The van der Waals surface area contributed by atoms with Gasteiger partial charge in [0.05, 0.1) is 6.54 Å². The number of anilines is 1. The number of guanidine groups is 1. The van der Waals surface area contributed by atoms with Gasteiger partial charge in [0.15, 0.2) is 5.96 Å². The van der Waals surface area contributed by atoms with E-state index in [1.165, 1.54) is 5.56 Å². The molecule has 0 aliphatic rings. The van der Waals surface area contributed by atoms with E-state index in [9.17, 15) is 8.78 Å². The summed E-state index contributed by atoms with van der Waals surface area (Å²) >= 11 is 0. The fourth-order valence-corrected chi connectivity index (χ4v) is 1.85. The Balaban J connectivity index is 2.01. The molecule has 110 valence electrons. The van der Waals surface area contributed by atoms with Crippen molar-refractivity contribution in [2.75, 3.05) is 5.32 Å². The quantitative estimate of drug-likeness (QED) is 0.669. The number of aryl methyl sites for hydroxylation is 1. The summed E-state index contributed by atoms with van der Waals surface area (Å²) in [5.74, 6) is -0.841. The van der Waals surface area contributed by atoms with E-state index in [0.717, 1.165) is 30.3 Å². The van der Waals surface area contributed by atoms with Crippen molar-refractivity contribution in [1.82, 2.24) is 0 Å². The van der Waals surface area contributed by atoms with Gasteiger partial charge in [-0.2, -0.15) is 0 Å². The van der Waals surface area contributed by atoms with E-state index >= 15 is 0 Å². The lowest BCUT2D eigenvalue weighted by Crippen LogP contribution is -2.22. The number of halogens is 2. The SMILES string of the molecule is CCc1ccc(NC(N)=NCc2cc(F)ccc2F)cc1. The number of aliphatic imine (C=N–C) groups is 1. The summed E-state index contributed by atoms with van der Waals surface area (Å²) in [6.45, 7) is 2.06. The van der Waals surface area contributed by atoms with Gasteiger partial charge in [0.2, 0.25) is 0 Å². The van der Waals surface area contributed by atoms with E-state index in [-0.39, 0.29) is 18.1 Å². The summed E-state index contributed by atoms with van der Waals surface area (Å²) in [6, 6.07) is 11.0. The van der Waals surface area contributed by atoms with Crippen molar-refractivity contribution in [1.29, 1.82) is 0 Å². The summed E-state index contributed by atoms with van der Waals surface area (Å²) in [5, 5.41) is 2.91. The van der Waals surface area contributed by atoms with Gasteiger partial charge in [0.1, 0.15) is 11.6 Å². The maximum Gasteiger partial charge on any atom is 0.193 e. The highest BCUT2D eigenvalue weighted by Gasteiger charge is 2.03. The minimum atomic E-state index is -0.500. The minimum absolute atomic E-state index is 0.0184. The van der Waals surface area contributed by atoms with Crippen molar-refractivity contribution in [2.45, 2.75) is 19.9 Å². The third kappa shape index (κ3) is 4.27. The van der Waals surface area contributed by atoms with Gasteiger partial charge in [-0.05, 0) is 42.3 Å². The van der Waals surface area contributed by atoms with Crippen LogP contribution in [0.2, 0.25) is 0 Å². The van der Waals surface area contributed by atoms with E-state index in [0.29, 0.717) is 0 Å². The first-order chi connectivity index (χ1) is 10.1. The molecule has 0 aliphatic heterocycles. The van der Waals surface area contributed by atoms with Crippen LogP contribution in [0.4, 0.5) is 14.5 Å². The van der Waals surface area contributed by atoms with Gasteiger partial charge in [-0.15, -0.1) is 0 Å².